The van der Waals surface area contributed by atoms with E-state index in [0.717, 1.165) is 84.5 Å². The number of esters is 4. The summed E-state index contributed by atoms with van der Waals surface area (Å²) in [5.74, 6) is -1.71. The Kier molecular flexibility index (Phi) is 32.1. The van der Waals surface area contributed by atoms with Crippen LogP contribution in [0.2, 0.25) is 0 Å². The third-order valence-electron chi connectivity index (χ3n) is 13.8. The number of Topliss-reactive ketones (excluding diaryl/α,β-unsaturated/α-hetero) is 1. The van der Waals surface area contributed by atoms with Crippen molar-refractivity contribution in [2.75, 3.05) is 6.61 Å². The number of aliphatic hydroxyl groups is 1. The van der Waals surface area contributed by atoms with E-state index in [1.165, 1.54) is 45.4 Å². The third-order valence-corrected chi connectivity index (χ3v) is 13.8. The second-order valence-electron chi connectivity index (χ2n) is 22.8. The van der Waals surface area contributed by atoms with Crippen LogP contribution in [0.1, 0.15) is 187 Å². The lowest BCUT2D eigenvalue weighted by Gasteiger charge is -2.46. The van der Waals surface area contributed by atoms with Crippen molar-refractivity contribution in [2.45, 2.75) is 230 Å². The number of ether oxygens (including phenoxy) is 6. The molecule has 2 aliphatic rings. The Morgan fingerprint density at radius 2 is 1.08 bits per heavy atom. The van der Waals surface area contributed by atoms with E-state index >= 15 is 0 Å². The van der Waals surface area contributed by atoms with E-state index in [0.29, 0.717) is 12.8 Å². The van der Waals surface area contributed by atoms with Crippen LogP contribution in [0.3, 0.4) is 0 Å². The van der Waals surface area contributed by atoms with Crippen molar-refractivity contribution in [3.63, 3.8) is 0 Å². The molecule has 1 heterocycles. The summed E-state index contributed by atoms with van der Waals surface area (Å²) in [7, 11) is 0. The molecule has 0 saturated carbocycles. The zero-order valence-corrected chi connectivity index (χ0v) is 50.7. The van der Waals surface area contributed by atoms with Crippen molar-refractivity contribution in [3.05, 3.63) is 142 Å². The molecule has 0 aromatic rings. The fourth-order valence-corrected chi connectivity index (χ4v) is 8.95. The van der Waals surface area contributed by atoms with E-state index in [1.54, 1.807) is 26.0 Å². The number of carbonyl (C=O) groups excluding carboxylic acids is 5. The Morgan fingerprint density at radius 3 is 1.58 bits per heavy atom. The van der Waals surface area contributed by atoms with Gasteiger partial charge in [-0.25, -0.2) is 0 Å². The van der Waals surface area contributed by atoms with Crippen LogP contribution in [0.4, 0.5) is 0 Å². The highest BCUT2D eigenvalue weighted by Gasteiger charge is 2.54. The molecule has 12 heteroatoms. The van der Waals surface area contributed by atoms with Gasteiger partial charge in [0.1, 0.15) is 18.8 Å². The minimum Gasteiger partial charge on any atom is -0.463 e. The number of rotatable bonds is 32. The molecule has 0 bridgehead atoms. The Hall–Kier alpha value is -5.69. The molecule has 2 rings (SSSR count). The first-order valence-corrected chi connectivity index (χ1v) is 28.6. The molecule has 1 N–H and O–H groups in total. The van der Waals surface area contributed by atoms with Crippen LogP contribution in [0, 0.1) is 11.3 Å². The second-order valence-corrected chi connectivity index (χ2v) is 22.8. The average Bonchev–Trinajstić information content (AvgIpc) is 3.37. The topological polar surface area (TPSA) is 161 Å². The summed E-state index contributed by atoms with van der Waals surface area (Å²) in [4.78, 5) is 62.5. The number of hydrogen-bond acceptors (Lipinski definition) is 12. The van der Waals surface area contributed by atoms with E-state index in [2.05, 4.69) is 71.9 Å². The van der Waals surface area contributed by atoms with Crippen LogP contribution < -0.4 is 0 Å². The molecule has 1 fully saturated rings. The van der Waals surface area contributed by atoms with Crippen molar-refractivity contribution in [1.29, 1.82) is 0 Å². The fourth-order valence-electron chi connectivity index (χ4n) is 8.95. The predicted molar refractivity (Wildman–Crippen MR) is 317 cm³/mol. The van der Waals surface area contributed by atoms with Gasteiger partial charge < -0.3 is 33.5 Å². The Balaban J connectivity index is 2.04. The van der Waals surface area contributed by atoms with E-state index in [-0.39, 0.29) is 24.2 Å². The van der Waals surface area contributed by atoms with Crippen LogP contribution in [0.5, 0.6) is 0 Å². The summed E-state index contributed by atoms with van der Waals surface area (Å²) < 4.78 is 35.1. The molecule has 1 aliphatic carbocycles. The number of hydrogen-bond donors (Lipinski definition) is 1. The van der Waals surface area contributed by atoms with Gasteiger partial charge in [-0.15, -0.1) is 0 Å². The number of unbranched alkanes of at least 4 members (excludes halogenated alkanes) is 8. The van der Waals surface area contributed by atoms with E-state index in [1.807, 2.05) is 88.5 Å². The highest BCUT2D eigenvalue weighted by atomic mass is 16.7. The van der Waals surface area contributed by atoms with Gasteiger partial charge in [0.2, 0.25) is 0 Å². The predicted octanol–water partition coefficient (Wildman–Crippen LogP) is 14.9. The van der Waals surface area contributed by atoms with Gasteiger partial charge in [0.15, 0.2) is 30.4 Å². The maximum Gasteiger partial charge on any atom is 0.305 e. The van der Waals surface area contributed by atoms with Crippen LogP contribution in [-0.2, 0) is 52.4 Å². The monoisotopic (exact) mass is 1090 g/mol. The molecule has 6 atom stereocenters. The molecule has 0 aromatic heterocycles. The number of carbonyl (C=O) groups is 5. The number of aliphatic hydroxyl groups excluding tert-OH is 1. The van der Waals surface area contributed by atoms with Gasteiger partial charge in [-0.3, -0.25) is 24.0 Å². The fraction of sp³-hybridized carbons (Fsp3) is 0.567. The summed E-state index contributed by atoms with van der Waals surface area (Å²) in [5.41, 5.74) is 5.79. The lowest BCUT2D eigenvalue weighted by atomic mass is 9.72. The van der Waals surface area contributed by atoms with Crippen LogP contribution in [-0.4, -0.2) is 83.8 Å². The van der Waals surface area contributed by atoms with Crippen molar-refractivity contribution in [2.24, 2.45) is 11.3 Å². The minimum atomic E-state index is -1.46. The second kappa shape index (κ2) is 36.5. The maximum absolute atomic E-state index is 13.0. The number of ketones is 1. The molecule has 12 nitrogen and oxygen atoms in total. The minimum absolute atomic E-state index is 0.000611. The van der Waals surface area contributed by atoms with Crippen LogP contribution in [0.25, 0.3) is 0 Å². The first-order valence-electron chi connectivity index (χ1n) is 28.6. The summed E-state index contributed by atoms with van der Waals surface area (Å²) >= 11 is 0. The molecule has 79 heavy (non-hydrogen) atoms. The van der Waals surface area contributed by atoms with E-state index in [4.69, 9.17) is 28.4 Å². The van der Waals surface area contributed by atoms with Gasteiger partial charge >= 0.3 is 23.9 Å². The number of allylic oxidation sites excluding steroid dienone is 23. The molecule has 438 valence electrons. The standard InChI is InChI=1S/C67H98O12/c1-47(2)30-23-21-19-17-16-18-20-22-24-39-61(73)74-46-59-62(75-54(9)68)63(76-55(10)69)64(77-56(11)70)65(78-59)79-67(14,15)60(72)43-41-52(7)38-29-36-50(5)35-27-33-48(3)31-25-26-32-49(4)34-28-37-51(6)40-42-57-53(8)58(71)44-45-66(57,12)13/h25-29,31-38,40-43,47,59-60,62-65,72H,16-24,30,39,44-46H2,1-15H3/b26-25+,33-27+,34-28+,36-29+,42-40+,43-41+,48-31+,49-32+,50-35+,51-37+,52-38+/t59-,60+,62-,63+,64-,65+/m1/s1. The normalized spacial score (nSPS) is 21.7. The highest BCUT2D eigenvalue weighted by molar-refractivity contribution is 5.97. The molecular formula is C67H98O12. The summed E-state index contributed by atoms with van der Waals surface area (Å²) in [5, 5.41) is 11.4. The summed E-state index contributed by atoms with van der Waals surface area (Å²) in [6, 6.07) is 0. The van der Waals surface area contributed by atoms with Crippen molar-refractivity contribution >= 4 is 29.7 Å². The van der Waals surface area contributed by atoms with Gasteiger partial charge in [0.25, 0.3) is 0 Å². The molecule has 0 aromatic carbocycles. The largest absolute Gasteiger partial charge is 0.463 e. The summed E-state index contributed by atoms with van der Waals surface area (Å²) in [6.45, 7) is 27.3. The molecule has 1 saturated heterocycles. The van der Waals surface area contributed by atoms with Gasteiger partial charge in [0.05, 0.1) is 5.60 Å². The van der Waals surface area contributed by atoms with Gasteiger partial charge in [-0.1, -0.05) is 217 Å². The van der Waals surface area contributed by atoms with Gasteiger partial charge in [-0.05, 0) is 90.7 Å². The first kappa shape index (κ1) is 69.4. The van der Waals surface area contributed by atoms with Crippen LogP contribution in [0.15, 0.2) is 142 Å². The van der Waals surface area contributed by atoms with E-state index in [9.17, 15) is 29.1 Å². The Bertz CT molecular complexity index is 2370. The molecule has 0 radical (unpaired) electrons. The molecule has 0 amide bonds. The maximum atomic E-state index is 13.0. The Labute approximate surface area is 475 Å². The molecule has 0 spiro atoms. The van der Waals surface area contributed by atoms with E-state index < -0.39 is 66.3 Å². The molecular weight excluding hydrogens is 997 g/mol. The summed E-state index contributed by atoms with van der Waals surface area (Å²) in [6.07, 6.45) is 38.5. The average molecular weight is 1100 g/mol. The van der Waals surface area contributed by atoms with Crippen molar-refractivity contribution in [1.82, 2.24) is 0 Å². The van der Waals surface area contributed by atoms with Gasteiger partial charge in [-0.2, -0.15) is 0 Å². The molecule has 1 aliphatic heterocycles. The molecule has 0 unspecified atom stereocenters. The van der Waals surface area contributed by atoms with Crippen molar-refractivity contribution < 1.29 is 57.5 Å². The highest BCUT2D eigenvalue weighted by Crippen LogP contribution is 2.40. The lowest BCUT2D eigenvalue weighted by molar-refractivity contribution is -0.332. The zero-order chi connectivity index (χ0) is 59.1. The van der Waals surface area contributed by atoms with Crippen molar-refractivity contribution in [3.8, 4) is 0 Å². The quantitative estimate of drug-likeness (QED) is 0.0294. The van der Waals surface area contributed by atoms with Gasteiger partial charge in [0, 0.05) is 33.6 Å². The smallest absolute Gasteiger partial charge is 0.305 e. The third kappa shape index (κ3) is 28.9. The Morgan fingerprint density at radius 1 is 0.633 bits per heavy atom. The lowest BCUT2D eigenvalue weighted by Crippen LogP contribution is -2.64. The van der Waals surface area contributed by atoms with Crippen LogP contribution >= 0.6 is 0 Å². The SMILES string of the molecule is CC(=O)O[C@@H]1[C@@H](OC(C)=O)[C@H](OC(C)(C)[C@@H](O)/C=C/C(C)=C/C=C/C(C)=C/C=C/C(C)=C/C=C/C=C(C)/C=C/C=C(C)/C=C/C2=C(C)C(=O)CCC2(C)C)O[C@H](COC(=O)CCCCCCCCCCCC(C)C)[C@H]1OC(C)=O. The zero-order valence-electron chi connectivity index (χ0n) is 50.7. The first-order chi connectivity index (χ1) is 37.2.